The van der Waals surface area contributed by atoms with Crippen molar-refractivity contribution < 1.29 is 14.6 Å². The molecule has 0 atom stereocenters. The number of methoxy groups -OCH3 is 1. The highest BCUT2D eigenvalue weighted by Crippen LogP contribution is 2.37. The molecule has 7 nitrogen and oxygen atoms in total. The van der Waals surface area contributed by atoms with Crippen molar-refractivity contribution in [3.8, 4) is 5.75 Å². The number of aliphatic hydroxyl groups is 1. The Morgan fingerprint density at radius 1 is 0.950 bits per heavy atom. The molecule has 2 fully saturated rings. The Labute approximate surface area is 236 Å². The Morgan fingerprint density at radius 2 is 1.68 bits per heavy atom. The molecule has 0 radical (unpaired) electrons. The molecule has 2 N–H and O–H groups in total. The first-order valence-corrected chi connectivity index (χ1v) is 14.3. The number of ether oxygens (including phenoxy) is 2. The number of rotatable bonds is 8. The van der Waals surface area contributed by atoms with Gasteiger partial charge in [0.2, 0.25) is 5.95 Å². The normalized spacial score (nSPS) is 17.6. The maximum Gasteiger partial charge on any atom is 0.227 e. The minimum absolute atomic E-state index is 0.0410. The van der Waals surface area contributed by atoms with Crippen LogP contribution in [0.15, 0.2) is 72.8 Å². The van der Waals surface area contributed by atoms with Crippen molar-refractivity contribution in [3.63, 3.8) is 0 Å². The van der Waals surface area contributed by atoms with E-state index in [-0.39, 0.29) is 12.0 Å². The van der Waals surface area contributed by atoms with E-state index in [0.29, 0.717) is 5.92 Å². The van der Waals surface area contributed by atoms with Crippen molar-refractivity contribution in [2.24, 2.45) is 0 Å². The van der Waals surface area contributed by atoms with E-state index in [4.69, 9.17) is 19.4 Å². The topological polar surface area (TPSA) is 79.7 Å². The van der Waals surface area contributed by atoms with Gasteiger partial charge in [-0.25, -0.2) is 4.98 Å². The Morgan fingerprint density at radius 3 is 2.38 bits per heavy atom. The Hall–Kier alpha value is -3.68. The van der Waals surface area contributed by atoms with Crippen LogP contribution in [0.25, 0.3) is 10.9 Å². The zero-order chi connectivity index (χ0) is 27.4. The van der Waals surface area contributed by atoms with Gasteiger partial charge >= 0.3 is 0 Å². The first kappa shape index (κ1) is 26.5. The van der Waals surface area contributed by atoms with Crippen LogP contribution in [-0.2, 0) is 16.8 Å². The Kier molecular flexibility index (Phi) is 7.84. The Balaban J connectivity index is 1.23. The van der Waals surface area contributed by atoms with Gasteiger partial charge in [0.05, 0.1) is 19.2 Å². The number of anilines is 2. The van der Waals surface area contributed by atoms with E-state index in [0.717, 1.165) is 92.5 Å². The highest BCUT2D eigenvalue weighted by molar-refractivity contribution is 5.90. The number of benzene rings is 3. The van der Waals surface area contributed by atoms with E-state index >= 15 is 0 Å². The summed E-state index contributed by atoms with van der Waals surface area (Å²) in [5.74, 6) is 3.07. The van der Waals surface area contributed by atoms with Crippen molar-refractivity contribution in [1.82, 2.24) is 9.97 Å². The van der Waals surface area contributed by atoms with Gasteiger partial charge in [0.25, 0.3) is 0 Å². The number of para-hydroxylation sites is 1. The van der Waals surface area contributed by atoms with Crippen LogP contribution >= 0.6 is 0 Å². The molecule has 40 heavy (non-hydrogen) atoms. The van der Waals surface area contributed by atoms with Crippen LogP contribution in [0.2, 0.25) is 0 Å². The zero-order valence-corrected chi connectivity index (χ0v) is 23.2. The SMILES string of the molecule is COc1ccc(C2(CNc3nc(N4CCC(c5ccc(CO)cc5)CC4)nc4ccccc34)CCOCC2)cc1. The molecule has 0 amide bonds. The smallest absolute Gasteiger partial charge is 0.227 e. The predicted molar refractivity (Wildman–Crippen MR) is 159 cm³/mol. The predicted octanol–water partition coefficient (Wildman–Crippen LogP) is 5.68. The number of fused-ring (bicyclic) bond motifs is 1. The van der Waals surface area contributed by atoms with Crippen LogP contribution < -0.4 is 15.0 Å². The van der Waals surface area contributed by atoms with E-state index < -0.39 is 0 Å². The maximum absolute atomic E-state index is 9.37. The molecule has 3 heterocycles. The van der Waals surface area contributed by atoms with Gasteiger partial charge in [-0.3, -0.25) is 0 Å². The lowest BCUT2D eigenvalue weighted by Gasteiger charge is -2.38. The number of hydrogen-bond donors (Lipinski definition) is 2. The molecule has 0 bridgehead atoms. The second-order valence-corrected chi connectivity index (χ2v) is 11.0. The number of nitrogens with one attached hydrogen (secondary N) is 1. The van der Waals surface area contributed by atoms with Crippen LogP contribution in [0.4, 0.5) is 11.8 Å². The van der Waals surface area contributed by atoms with E-state index in [9.17, 15) is 5.11 Å². The van der Waals surface area contributed by atoms with Crippen LogP contribution in [0.1, 0.15) is 48.3 Å². The van der Waals surface area contributed by atoms with Crippen molar-refractivity contribution in [2.75, 3.05) is 50.2 Å². The molecule has 7 heteroatoms. The number of piperidine rings is 1. The molecular weight excluding hydrogens is 500 g/mol. The lowest BCUT2D eigenvalue weighted by molar-refractivity contribution is 0.0543. The molecule has 0 saturated carbocycles. The van der Waals surface area contributed by atoms with Crippen molar-refractivity contribution in [3.05, 3.63) is 89.5 Å². The van der Waals surface area contributed by atoms with Crippen LogP contribution in [0, 0.1) is 0 Å². The Bertz CT molecular complexity index is 1410. The summed E-state index contributed by atoms with van der Waals surface area (Å²) in [6, 6.07) is 25.2. The zero-order valence-electron chi connectivity index (χ0n) is 23.2. The highest BCUT2D eigenvalue weighted by Gasteiger charge is 2.35. The fraction of sp³-hybridized carbons (Fsp3) is 0.394. The van der Waals surface area contributed by atoms with E-state index in [1.54, 1.807) is 7.11 Å². The second kappa shape index (κ2) is 11.8. The standard InChI is InChI=1S/C33H38N4O3/c1-39-28-12-10-27(11-13-28)33(16-20-40-21-17-33)23-34-31-29-4-2-3-5-30(29)35-32(36-31)37-18-14-26(15-19-37)25-8-6-24(22-38)7-9-25/h2-13,26,38H,14-23H2,1H3,(H,34,35,36). The minimum Gasteiger partial charge on any atom is -0.497 e. The average Bonchev–Trinajstić information content (AvgIpc) is 3.04. The average molecular weight is 539 g/mol. The van der Waals surface area contributed by atoms with Gasteiger partial charge in [-0.05, 0) is 72.6 Å². The molecule has 4 aromatic rings. The van der Waals surface area contributed by atoms with Gasteiger partial charge in [0.15, 0.2) is 0 Å². The molecule has 208 valence electrons. The second-order valence-electron chi connectivity index (χ2n) is 11.0. The van der Waals surface area contributed by atoms with Gasteiger partial charge in [-0.2, -0.15) is 4.98 Å². The van der Waals surface area contributed by atoms with Crippen molar-refractivity contribution in [1.29, 1.82) is 0 Å². The molecular formula is C33H38N4O3. The summed E-state index contributed by atoms with van der Waals surface area (Å²) in [6.45, 7) is 4.19. The summed E-state index contributed by atoms with van der Waals surface area (Å²) in [5, 5.41) is 14.2. The molecule has 3 aromatic carbocycles. The highest BCUT2D eigenvalue weighted by atomic mass is 16.5. The summed E-state index contributed by atoms with van der Waals surface area (Å²) in [6.07, 6.45) is 4.01. The summed E-state index contributed by atoms with van der Waals surface area (Å²) in [5.41, 5.74) is 4.53. The summed E-state index contributed by atoms with van der Waals surface area (Å²) in [4.78, 5) is 12.4. The van der Waals surface area contributed by atoms with Crippen LogP contribution in [0.3, 0.4) is 0 Å². The summed E-state index contributed by atoms with van der Waals surface area (Å²) >= 11 is 0. The third kappa shape index (κ3) is 5.49. The third-order valence-corrected chi connectivity index (χ3v) is 8.75. The summed E-state index contributed by atoms with van der Waals surface area (Å²) < 4.78 is 11.2. The number of nitrogens with zero attached hydrogens (tertiary/aromatic N) is 3. The molecule has 2 saturated heterocycles. The number of aromatic nitrogens is 2. The first-order valence-electron chi connectivity index (χ1n) is 14.3. The van der Waals surface area contributed by atoms with Gasteiger partial charge in [0.1, 0.15) is 11.6 Å². The largest absolute Gasteiger partial charge is 0.497 e. The van der Waals surface area contributed by atoms with Crippen LogP contribution in [-0.4, -0.2) is 55.0 Å². The van der Waals surface area contributed by atoms with Crippen molar-refractivity contribution >= 4 is 22.7 Å². The van der Waals surface area contributed by atoms with Crippen molar-refractivity contribution in [2.45, 2.75) is 43.6 Å². The third-order valence-electron chi connectivity index (χ3n) is 8.75. The quantitative estimate of drug-likeness (QED) is 0.299. The molecule has 0 aliphatic carbocycles. The minimum atomic E-state index is -0.0410. The maximum atomic E-state index is 9.37. The van der Waals surface area contributed by atoms with E-state index in [2.05, 4.69) is 64.8 Å². The van der Waals surface area contributed by atoms with Gasteiger partial charge in [-0.15, -0.1) is 0 Å². The molecule has 0 unspecified atom stereocenters. The monoisotopic (exact) mass is 538 g/mol. The number of hydrogen-bond acceptors (Lipinski definition) is 7. The molecule has 0 spiro atoms. The van der Waals surface area contributed by atoms with Gasteiger partial charge in [-0.1, -0.05) is 48.5 Å². The lowest BCUT2D eigenvalue weighted by Crippen LogP contribution is -2.40. The van der Waals surface area contributed by atoms with Gasteiger partial charge in [0, 0.05) is 43.6 Å². The molecule has 2 aliphatic rings. The molecule has 6 rings (SSSR count). The number of aliphatic hydroxyl groups excluding tert-OH is 1. The fourth-order valence-electron chi connectivity index (χ4n) is 6.18. The van der Waals surface area contributed by atoms with E-state index in [1.807, 2.05) is 18.2 Å². The first-order chi connectivity index (χ1) is 19.7. The summed E-state index contributed by atoms with van der Waals surface area (Å²) in [7, 11) is 1.70. The molecule has 2 aliphatic heterocycles. The fourth-order valence-corrected chi connectivity index (χ4v) is 6.18. The molecule has 1 aromatic heterocycles. The van der Waals surface area contributed by atoms with Gasteiger partial charge < -0.3 is 24.8 Å². The lowest BCUT2D eigenvalue weighted by atomic mass is 9.74. The van der Waals surface area contributed by atoms with E-state index in [1.165, 1.54) is 11.1 Å². The van der Waals surface area contributed by atoms with Crippen LogP contribution in [0.5, 0.6) is 5.75 Å².